The van der Waals surface area contributed by atoms with E-state index in [2.05, 4.69) is 40.8 Å². The molecule has 244 valence electrons. The molecular formula is C38H41F2N5O2. The first kappa shape index (κ1) is 32.3. The van der Waals surface area contributed by atoms with Crippen molar-refractivity contribution >= 4 is 17.3 Å². The Morgan fingerprint density at radius 2 is 1.66 bits per heavy atom. The van der Waals surface area contributed by atoms with Gasteiger partial charge in [-0.15, -0.1) is 0 Å². The van der Waals surface area contributed by atoms with Crippen LogP contribution < -0.4 is 10.2 Å². The largest absolute Gasteiger partial charge is 0.378 e. The highest BCUT2D eigenvalue weighted by Gasteiger charge is 2.27. The SMILES string of the molecule is C=C(Nc1ccc(F)cc1)N(c1cccc(F)c1)C1CCN(Cc2ccc(Cc3ccc(C(=O)N4CCOCC4)cc3)nc2C)CC1. The van der Waals surface area contributed by atoms with Gasteiger partial charge in [0.25, 0.3) is 5.91 Å². The van der Waals surface area contributed by atoms with Gasteiger partial charge in [-0.2, -0.15) is 0 Å². The lowest BCUT2D eigenvalue weighted by molar-refractivity contribution is 0.0303. The van der Waals surface area contributed by atoms with E-state index in [1.54, 1.807) is 18.2 Å². The fourth-order valence-corrected chi connectivity index (χ4v) is 6.38. The molecule has 0 aliphatic carbocycles. The van der Waals surface area contributed by atoms with Crippen LogP contribution in [0.4, 0.5) is 20.2 Å². The Labute approximate surface area is 275 Å². The number of nitrogens with zero attached hydrogens (tertiary/aromatic N) is 4. The molecule has 0 radical (unpaired) electrons. The lowest BCUT2D eigenvalue weighted by Crippen LogP contribution is -2.45. The van der Waals surface area contributed by atoms with E-state index < -0.39 is 0 Å². The minimum atomic E-state index is -0.306. The Morgan fingerprint density at radius 1 is 0.936 bits per heavy atom. The van der Waals surface area contributed by atoms with Gasteiger partial charge in [0.2, 0.25) is 0 Å². The lowest BCUT2D eigenvalue weighted by atomic mass is 10.0. The molecule has 2 saturated heterocycles. The zero-order chi connectivity index (χ0) is 32.8. The number of hydrogen-bond donors (Lipinski definition) is 1. The van der Waals surface area contributed by atoms with E-state index >= 15 is 0 Å². The molecule has 0 saturated carbocycles. The van der Waals surface area contributed by atoms with Crippen molar-refractivity contribution in [2.24, 2.45) is 0 Å². The van der Waals surface area contributed by atoms with E-state index in [-0.39, 0.29) is 23.6 Å². The first-order chi connectivity index (χ1) is 22.8. The van der Waals surface area contributed by atoms with Crippen LogP contribution in [0.25, 0.3) is 0 Å². The molecule has 1 aromatic heterocycles. The highest BCUT2D eigenvalue weighted by Crippen LogP contribution is 2.29. The molecule has 4 aromatic rings. The van der Waals surface area contributed by atoms with Gasteiger partial charge in [-0.1, -0.05) is 30.8 Å². The number of rotatable bonds is 10. The number of hydrogen-bond acceptors (Lipinski definition) is 6. The van der Waals surface area contributed by atoms with Crippen LogP contribution in [0.2, 0.25) is 0 Å². The smallest absolute Gasteiger partial charge is 0.254 e. The molecule has 3 heterocycles. The van der Waals surface area contributed by atoms with Gasteiger partial charge in [0.1, 0.15) is 17.5 Å². The lowest BCUT2D eigenvalue weighted by Gasteiger charge is -2.40. The monoisotopic (exact) mass is 637 g/mol. The Hall–Kier alpha value is -4.60. The normalized spacial score (nSPS) is 15.8. The molecule has 0 bridgehead atoms. The molecule has 2 aliphatic rings. The first-order valence-corrected chi connectivity index (χ1v) is 16.2. The third-order valence-electron chi connectivity index (χ3n) is 8.96. The number of anilines is 2. The highest BCUT2D eigenvalue weighted by molar-refractivity contribution is 5.94. The van der Waals surface area contributed by atoms with E-state index in [4.69, 9.17) is 9.72 Å². The standard InChI is InChI=1S/C38H41F2N5O2/c1-27-31(10-13-35(41-27)24-29-6-8-30(9-7-29)38(46)44-20-22-47-23-21-44)26-43-18-16-36(17-19-43)45(37-5-3-4-33(40)25-37)28(2)42-34-14-11-32(39)12-15-34/h3-15,25,36,42H,2,16-24,26H2,1H3. The summed E-state index contributed by atoms with van der Waals surface area (Å²) >= 11 is 0. The summed E-state index contributed by atoms with van der Waals surface area (Å²) in [6, 6.07) is 24.9. The van der Waals surface area contributed by atoms with Gasteiger partial charge in [-0.3, -0.25) is 14.7 Å². The number of likely N-dealkylation sites (tertiary alicyclic amines) is 1. The number of morpholine rings is 1. The molecule has 0 spiro atoms. The Balaban J connectivity index is 1.05. The molecular weight excluding hydrogens is 596 g/mol. The maximum atomic E-state index is 14.3. The molecule has 2 aliphatic heterocycles. The van der Waals surface area contributed by atoms with Crippen molar-refractivity contribution in [3.8, 4) is 0 Å². The second-order valence-corrected chi connectivity index (χ2v) is 12.3. The van der Waals surface area contributed by atoms with Crippen LogP contribution in [0, 0.1) is 18.6 Å². The second-order valence-electron chi connectivity index (χ2n) is 12.3. The number of halogens is 2. The van der Waals surface area contributed by atoms with Crippen LogP contribution in [0.5, 0.6) is 0 Å². The predicted octanol–water partition coefficient (Wildman–Crippen LogP) is 6.79. The van der Waals surface area contributed by atoms with E-state index in [0.717, 1.165) is 60.8 Å². The van der Waals surface area contributed by atoms with Crippen molar-refractivity contribution < 1.29 is 18.3 Å². The van der Waals surface area contributed by atoms with Crippen molar-refractivity contribution in [1.82, 2.24) is 14.8 Å². The van der Waals surface area contributed by atoms with Gasteiger partial charge < -0.3 is 19.9 Å². The first-order valence-electron chi connectivity index (χ1n) is 16.2. The molecule has 1 amide bonds. The maximum Gasteiger partial charge on any atom is 0.254 e. The molecule has 47 heavy (non-hydrogen) atoms. The topological polar surface area (TPSA) is 60.9 Å². The van der Waals surface area contributed by atoms with Crippen LogP contribution in [0.3, 0.4) is 0 Å². The summed E-state index contributed by atoms with van der Waals surface area (Å²) in [5, 5.41) is 3.29. The van der Waals surface area contributed by atoms with Crippen LogP contribution >= 0.6 is 0 Å². The third-order valence-corrected chi connectivity index (χ3v) is 8.96. The summed E-state index contributed by atoms with van der Waals surface area (Å²) in [6.07, 6.45) is 2.44. The van der Waals surface area contributed by atoms with Gasteiger partial charge in [0.15, 0.2) is 0 Å². The van der Waals surface area contributed by atoms with Crippen LogP contribution in [-0.4, -0.2) is 66.1 Å². The molecule has 0 atom stereocenters. The number of benzene rings is 3. The number of aryl methyl sites for hydroxylation is 1. The fourth-order valence-electron chi connectivity index (χ4n) is 6.38. The Kier molecular flexibility index (Phi) is 10.2. The molecule has 2 fully saturated rings. The molecule has 7 nitrogen and oxygen atoms in total. The number of amides is 1. The Morgan fingerprint density at radius 3 is 2.34 bits per heavy atom. The second kappa shape index (κ2) is 14.9. The van der Waals surface area contributed by atoms with Gasteiger partial charge in [-0.25, -0.2) is 8.78 Å². The summed E-state index contributed by atoms with van der Waals surface area (Å²) in [5.41, 5.74) is 6.48. The van der Waals surface area contributed by atoms with E-state index in [1.165, 1.54) is 29.8 Å². The number of pyridine rings is 1. The maximum absolute atomic E-state index is 14.3. The number of nitrogens with one attached hydrogen (secondary N) is 1. The van der Waals surface area contributed by atoms with Crippen LogP contribution in [0.1, 0.15) is 45.7 Å². The fraction of sp³-hybridized carbons (Fsp3) is 0.316. The van der Waals surface area contributed by atoms with Crippen molar-refractivity contribution in [1.29, 1.82) is 0 Å². The molecule has 6 rings (SSSR count). The number of ether oxygens (including phenoxy) is 1. The van der Waals surface area contributed by atoms with Gasteiger partial charge in [0.05, 0.1) is 13.2 Å². The van der Waals surface area contributed by atoms with Crippen molar-refractivity contribution in [2.45, 2.75) is 38.8 Å². The number of piperidine rings is 1. The van der Waals surface area contributed by atoms with E-state index in [1.807, 2.05) is 35.2 Å². The molecule has 1 N–H and O–H groups in total. The molecule has 3 aromatic carbocycles. The van der Waals surface area contributed by atoms with Gasteiger partial charge in [-0.05, 0) is 91.6 Å². The third kappa shape index (κ3) is 8.22. The zero-order valence-electron chi connectivity index (χ0n) is 26.8. The van der Waals surface area contributed by atoms with Crippen LogP contribution in [-0.2, 0) is 17.7 Å². The van der Waals surface area contributed by atoms with E-state index in [9.17, 15) is 13.6 Å². The van der Waals surface area contributed by atoms with Crippen molar-refractivity contribution in [2.75, 3.05) is 49.6 Å². The molecule has 9 heteroatoms. The predicted molar refractivity (Wildman–Crippen MR) is 181 cm³/mol. The minimum absolute atomic E-state index is 0.0514. The summed E-state index contributed by atoms with van der Waals surface area (Å²) in [6.45, 7) is 11.3. The van der Waals surface area contributed by atoms with Gasteiger partial charge in [0, 0.05) is 73.5 Å². The quantitative estimate of drug-likeness (QED) is 0.207. The zero-order valence-corrected chi connectivity index (χ0v) is 26.8. The van der Waals surface area contributed by atoms with Crippen molar-refractivity contribution in [3.05, 3.63) is 137 Å². The average Bonchev–Trinajstić information content (AvgIpc) is 3.08. The molecule has 0 unspecified atom stereocenters. The van der Waals surface area contributed by atoms with Crippen LogP contribution in [0.15, 0.2) is 97.3 Å². The van der Waals surface area contributed by atoms with Crippen molar-refractivity contribution in [3.63, 3.8) is 0 Å². The summed E-state index contributed by atoms with van der Waals surface area (Å²) in [7, 11) is 0. The number of carbonyl (C=O) groups is 1. The summed E-state index contributed by atoms with van der Waals surface area (Å²) < 4.78 is 33.1. The Bertz CT molecular complexity index is 1680. The average molecular weight is 638 g/mol. The minimum Gasteiger partial charge on any atom is -0.378 e. The number of aromatic nitrogens is 1. The number of carbonyl (C=O) groups excluding carboxylic acids is 1. The summed E-state index contributed by atoms with van der Waals surface area (Å²) in [5.74, 6) is 0.0613. The van der Waals surface area contributed by atoms with E-state index in [0.29, 0.717) is 44.1 Å². The van der Waals surface area contributed by atoms with Gasteiger partial charge >= 0.3 is 0 Å². The highest BCUT2D eigenvalue weighted by atomic mass is 19.1. The summed E-state index contributed by atoms with van der Waals surface area (Å²) in [4.78, 5) is 24.0.